The number of thiophene rings is 1. The Hall–Kier alpha value is 0.420. The number of rotatable bonds is 5. The molecular formula is C14H13Br2Cl2NS. The van der Waals surface area contributed by atoms with E-state index in [1.54, 1.807) is 11.3 Å². The Kier molecular flexibility index (Phi) is 6.39. The van der Waals surface area contributed by atoms with Crippen molar-refractivity contribution in [1.29, 1.82) is 0 Å². The van der Waals surface area contributed by atoms with Gasteiger partial charge in [-0.2, -0.15) is 0 Å². The molecule has 0 amide bonds. The van der Waals surface area contributed by atoms with Crippen LogP contribution in [0.3, 0.4) is 0 Å². The van der Waals surface area contributed by atoms with Crippen molar-refractivity contribution in [3.05, 3.63) is 53.0 Å². The molecule has 0 aliphatic carbocycles. The van der Waals surface area contributed by atoms with Crippen LogP contribution in [0.5, 0.6) is 0 Å². The number of halogens is 4. The van der Waals surface area contributed by atoms with E-state index in [0.29, 0.717) is 5.02 Å². The Balaban J connectivity index is 2.38. The smallest absolute Gasteiger partial charge is 0.0888 e. The molecule has 1 atom stereocenters. The lowest BCUT2D eigenvalue weighted by molar-refractivity contribution is 0.606. The second kappa shape index (κ2) is 7.61. The normalized spacial score (nSPS) is 12.7. The van der Waals surface area contributed by atoms with Crippen LogP contribution in [0.15, 0.2) is 32.5 Å². The van der Waals surface area contributed by atoms with Crippen LogP contribution in [0.1, 0.15) is 29.8 Å². The monoisotopic (exact) mass is 455 g/mol. The van der Waals surface area contributed by atoms with Gasteiger partial charge in [-0.05, 0) is 68.6 Å². The van der Waals surface area contributed by atoms with E-state index in [2.05, 4.69) is 50.2 Å². The van der Waals surface area contributed by atoms with E-state index in [9.17, 15) is 0 Å². The van der Waals surface area contributed by atoms with Gasteiger partial charge in [-0.25, -0.2) is 0 Å². The first-order valence-corrected chi connectivity index (χ1v) is 9.31. The van der Waals surface area contributed by atoms with Crippen molar-refractivity contribution in [3.8, 4) is 0 Å². The highest BCUT2D eigenvalue weighted by Gasteiger charge is 2.18. The predicted octanol–water partition coefficient (Wildman–Crippen LogP) is 6.67. The Labute approximate surface area is 149 Å². The quantitative estimate of drug-likeness (QED) is 0.528. The van der Waals surface area contributed by atoms with Crippen LogP contribution in [0.4, 0.5) is 0 Å². The minimum Gasteiger partial charge on any atom is -0.306 e. The average Bonchev–Trinajstić information content (AvgIpc) is 2.74. The highest BCUT2D eigenvalue weighted by atomic mass is 79.9. The van der Waals surface area contributed by atoms with E-state index < -0.39 is 0 Å². The molecule has 1 aromatic carbocycles. The number of hydrogen-bond donors (Lipinski definition) is 1. The standard InChI is InChI=1S/C14H13Br2Cl2NS/c1-2-5-19-13(12-7-11(18)14(16)20-12)8-3-4-10(17)9(15)6-8/h3-4,6-7,13,19H,2,5H2,1H3. The second-order valence-electron chi connectivity index (χ2n) is 4.33. The zero-order valence-corrected chi connectivity index (χ0v) is 16.2. The highest BCUT2D eigenvalue weighted by molar-refractivity contribution is 9.11. The zero-order chi connectivity index (χ0) is 14.7. The van der Waals surface area contributed by atoms with Gasteiger partial charge >= 0.3 is 0 Å². The largest absolute Gasteiger partial charge is 0.306 e. The number of benzene rings is 1. The van der Waals surface area contributed by atoms with Gasteiger partial charge in [-0.15, -0.1) is 11.3 Å². The lowest BCUT2D eigenvalue weighted by Gasteiger charge is -2.18. The number of nitrogens with one attached hydrogen (secondary N) is 1. The summed E-state index contributed by atoms with van der Waals surface area (Å²) in [6.45, 7) is 3.09. The van der Waals surface area contributed by atoms with Crippen molar-refractivity contribution in [2.75, 3.05) is 6.54 Å². The maximum absolute atomic E-state index is 6.16. The fourth-order valence-electron chi connectivity index (χ4n) is 1.87. The third-order valence-electron chi connectivity index (χ3n) is 2.82. The summed E-state index contributed by atoms with van der Waals surface area (Å²) in [5, 5.41) is 5.02. The summed E-state index contributed by atoms with van der Waals surface area (Å²) < 4.78 is 1.87. The van der Waals surface area contributed by atoms with Gasteiger partial charge in [0.25, 0.3) is 0 Å². The van der Waals surface area contributed by atoms with Crippen LogP contribution >= 0.6 is 66.4 Å². The topological polar surface area (TPSA) is 12.0 Å². The van der Waals surface area contributed by atoms with Gasteiger partial charge < -0.3 is 5.32 Å². The van der Waals surface area contributed by atoms with Crippen molar-refractivity contribution in [3.63, 3.8) is 0 Å². The lowest BCUT2D eigenvalue weighted by atomic mass is 10.1. The summed E-state index contributed by atoms with van der Waals surface area (Å²) in [5.74, 6) is 0. The molecule has 0 saturated carbocycles. The van der Waals surface area contributed by atoms with Crippen LogP contribution in [0.2, 0.25) is 10.0 Å². The second-order valence-corrected chi connectivity index (χ2v) is 8.40. The maximum atomic E-state index is 6.16. The minimum atomic E-state index is 0.123. The van der Waals surface area contributed by atoms with Crippen molar-refractivity contribution < 1.29 is 0 Å². The van der Waals surface area contributed by atoms with Crippen LogP contribution < -0.4 is 5.32 Å². The molecule has 6 heteroatoms. The zero-order valence-electron chi connectivity index (χ0n) is 10.7. The van der Waals surface area contributed by atoms with Crippen LogP contribution in [-0.4, -0.2) is 6.54 Å². The first-order valence-electron chi connectivity index (χ1n) is 6.16. The molecule has 0 radical (unpaired) electrons. The summed E-state index contributed by atoms with van der Waals surface area (Å²) in [5.41, 5.74) is 1.17. The molecule has 0 aliphatic heterocycles. The van der Waals surface area contributed by atoms with Crippen LogP contribution in [0.25, 0.3) is 0 Å². The Morgan fingerprint density at radius 3 is 2.50 bits per heavy atom. The average molecular weight is 458 g/mol. The molecule has 1 heterocycles. The Morgan fingerprint density at radius 1 is 1.20 bits per heavy atom. The van der Waals surface area contributed by atoms with Crippen molar-refractivity contribution in [2.45, 2.75) is 19.4 Å². The molecule has 1 aromatic heterocycles. The molecule has 20 heavy (non-hydrogen) atoms. The summed E-state index contributed by atoms with van der Waals surface area (Å²) in [6, 6.07) is 8.13. The molecule has 1 nitrogen and oxygen atoms in total. The Morgan fingerprint density at radius 2 is 1.95 bits per heavy atom. The van der Waals surface area contributed by atoms with Gasteiger partial charge in [-0.1, -0.05) is 36.2 Å². The molecule has 2 rings (SSSR count). The highest BCUT2D eigenvalue weighted by Crippen LogP contribution is 2.38. The van der Waals surface area contributed by atoms with E-state index in [0.717, 1.165) is 26.2 Å². The molecule has 108 valence electrons. The Bertz CT molecular complexity index is 581. The summed E-state index contributed by atoms with van der Waals surface area (Å²) in [7, 11) is 0. The van der Waals surface area contributed by atoms with Crippen molar-refractivity contribution >= 4 is 66.4 Å². The molecule has 1 N–H and O–H groups in total. The molecular weight excluding hydrogens is 445 g/mol. The van der Waals surface area contributed by atoms with E-state index in [-0.39, 0.29) is 6.04 Å². The van der Waals surface area contributed by atoms with Crippen molar-refractivity contribution in [1.82, 2.24) is 5.32 Å². The predicted molar refractivity (Wildman–Crippen MR) is 96.3 cm³/mol. The molecule has 2 aromatic rings. The van der Waals surface area contributed by atoms with Crippen LogP contribution in [-0.2, 0) is 0 Å². The van der Waals surface area contributed by atoms with Gasteiger partial charge in [0.15, 0.2) is 0 Å². The van der Waals surface area contributed by atoms with Gasteiger partial charge in [0.1, 0.15) is 0 Å². The van der Waals surface area contributed by atoms with Crippen molar-refractivity contribution in [2.24, 2.45) is 0 Å². The molecule has 0 fully saturated rings. The van der Waals surface area contributed by atoms with Crippen LogP contribution in [0, 0.1) is 0 Å². The SMILES string of the molecule is CCCNC(c1ccc(Cl)c(Br)c1)c1cc(Cl)c(Br)s1. The first-order chi connectivity index (χ1) is 9.52. The fraction of sp³-hybridized carbons (Fsp3) is 0.286. The summed E-state index contributed by atoms with van der Waals surface area (Å²) >= 11 is 20.8. The lowest BCUT2D eigenvalue weighted by Crippen LogP contribution is -2.22. The first kappa shape index (κ1) is 16.8. The third kappa shape index (κ3) is 3.99. The summed E-state index contributed by atoms with van der Waals surface area (Å²) in [4.78, 5) is 1.18. The molecule has 0 bridgehead atoms. The van der Waals surface area contributed by atoms with E-state index in [4.69, 9.17) is 23.2 Å². The van der Waals surface area contributed by atoms with Gasteiger partial charge in [0.2, 0.25) is 0 Å². The molecule has 0 saturated heterocycles. The van der Waals surface area contributed by atoms with E-state index >= 15 is 0 Å². The molecule has 0 spiro atoms. The number of hydrogen-bond acceptors (Lipinski definition) is 2. The molecule has 0 aliphatic rings. The third-order valence-corrected chi connectivity index (χ3v) is 6.58. The van der Waals surface area contributed by atoms with E-state index in [1.165, 1.54) is 10.4 Å². The van der Waals surface area contributed by atoms with Gasteiger partial charge in [-0.3, -0.25) is 0 Å². The molecule has 1 unspecified atom stereocenters. The maximum Gasteiger partial charge on any atom is 0.0888 e. The summed E-state index contributed by atoms with van der Waals surface area (Å²) in [6.07, 6.45) is 1.07. The minimum absolute atomic E-state index is 0.123. The van der Waals surface area contributed by atoms with Gasteiger partial charge in [0.05, 0.1) is 19.9 Å². The fourth-order valence-corrected chi connectivity index (χ4v) is 4.23. The van der Waals surface area contributed by atoms with Gasteiger partial charge in [0, 0.05) is 9.35 Å². The van der Waals surface area contributed by atoms with E-state index in [1.807, 2.05) is 18.2 Å².